The highest BCUT2D eigenvalue weighted by Crippen LogP contribution is 2.23. The normalized spacial score (nSPS) is 17.9. The molecule has 18 heavy (non-hydrogen) atoms. The summed E-state index contributed by atoms with van der Waals surface area (Å²) in [4.78, 5) is 4.41. The van der Waals surface area contributed by atoms with E-state index < -0.39 is 0 Å². The van der Waals surface area contributed by atoms with Gasteiger partial charge in [-0.05, 0) is 51.1 Å². The highest BCUT2D eigenvalue weighted by molar-refractivity contribution is 5.20. The number of hydrogen-bond donors (Lipinski definition) is 1. The summed E-state index contributed by atoms with van der Waals surface area (Å²) in [7, 11) is 0. The van der Waals surface area contributed by atoms with Crippen molar-refractivity contribution in [1.82, 2.24) is 10.3 Å². The van der Waals surface area contributed by atoms with E-state index in [9.17, 15) is 0 Å². The Morgan fingerprint density at radius 2 is 2.17 bits per heavy atom. The van der Waals surface area contributed by atoms with Crippen molar-refractivity contribution in [2.75, 3.05) is 6.54 Å². The van der Waals surface area contributed by atoms with E-state index in [1.807, 2.05) is 12.3 Å². The second-order valence-electron chi connectivity index (χ2n) is 5.13. The maximum atomic E-state index is 5.86. The van der Waals surface area contributed by atoms with Crippen LogP contribution in [0.3, 0.4) is 0 Å². The number of rotatable bonds is 6. The third-order valence-electron chi connectivity index (χ3n) is 3.55. The molecule has 100 valence electrons. The van der Waals surface area contributed by atoms with Crippen molar-refractivity contribution in [3.8, 4) is 5.88 Å². The minimum Gasteiger partial charge on any atom is -0.474 e. The molecule has 3 nitrogen and oxygen atoms in total. The number of hydrogen-bond acceptors (Lipinski definition) is 3. The van der Waals surface area contributed by atoms with Gasteiger partial charge >= 0.3 is 0 Å². The Balaban J connectivity index is 1.88. The second-order valence-corrected chi connectivity index (χ2v) is 5.13. The summed E-state index contributed by atoms with van der Waals surface area (Å²) in [5.74, 6) is 0.772. The standard InChI is InChI=1S/C15H24N2O/c1-3-10-16-12(2)13-8-9-15(17-11-13)18-14-6-4-5-7-14/h8-9,11-12,14,16H,3-7,10H2,1-2H3. The van der Waals surface area contributed by atoms with E-state index in [2.05, 4.69) is 30.2 Å². The largest absolute Gasteiger partial charge is 0.474 e. The average molecular weight is 248 g/mol. The molecular weight excluding hydrogens is 224 g/mol. The van der Waals surface area contributed by atoms with Gasteiger partial charge in [-0.2, -0.15) is 0 Å². The number of pyridine rings is 1. The monoisotopic (exact) mass is 248 g/mol. The van der Waals surface area contributed by atoms with E-state index >= 15 is 0 Å². The molecule has 0 amide bonds. The van der Waals surface area contributed by atoms with Crippen molar-refractivity contribution in [3.63, 3.8) is 0 Å². The first kappa shape index (κ1) is 13.3. The van der Waals surface area contributed by atoms with E-state index in [0.29, 0.717) is 12.1 Å². The maximum Gasteiger partial charge on any atom is 0.213 e. The van der Waals surface area contributed by atoms with Crippen LogP contribution in [0, 0.1) is 0 Å². The van der Waals surface area contributed by atoms with Crippen LogP contribution in [-0.4, -0.2) is 17.6 Å². The Labute approximate surface area is 110 Å². The predicted molar refractivity (Wildman–Crippen MR) is 73.8 cm³/mol. The van der Waals surface area contributed by atoms with E-state index in [4.69, 9.17) is 4.74 Å². The molecule has 1 atom stereocenters. The Hall–Kier alpha value is -1.09. The molecule has 1 fully saturated rings. The fourth-order valence-electron chi connectivity index (χ4n) is 2.37. The summed E-state index contributed by atoms with van der Waals surface area (Å²) in [5, 5.41) is 3.46. The Morgan fingerprint density at radius 1 is 1.39 bits per heavy atom. The van der Waals surface area contributed by atoms with E-state index in [0.717, 1.165) is 18.8 Å². The molecular formula is C15H24N2O. The van der Waals surface area contributed by atoms with E-state index in [1.54, 1.807) is 0 Å². The van der Waals surface area contributed by atoms with Gasteiger partial charge < -0.3 is 10.1 Å². The highest BCUT2D eigenvalue weighted by atomic mass is 16.5. The summed E-state index contributed by atoms with van der Waals surface area (Å²) >= 11 is 0. The molecule has 1 aliphatic rings. The molecule has 0 bridgehead atoms. The van der Waals surface area contributed by atoms with Crippen LogP contribution in [-0.2, 0) is 0 Å². The van der Waals surface area contributed by atoms with Crippen LogP contribution in [0.2, 0.25) is 0 Å². The molecule has 0 aromatic carbocycles. The number of ether oxygens (including phenoxy) is 1. The number of nitrogens with zero attached hydrogens (tertiary/aromatic N) is 1. The van der Waals surface area contributed by atoms with E-state index in [1.165, 1.54) is 31.2 Å². The number of nitrogens with one attached hydrogen (secondary N) is 1. The summed E-state index contributed by atoms with van der Waals surface area (Å²) in [6, 6.07) is 4.47. The maximum absolute atomic E-state index is 5.86. The Kier molecular flexibility index (Phi) is 5.00. The molecule has 1 aliphatic carbocycles. The zero-order valence-electron chi connectivity index (χ0n) is 11.5. The molecule has 0 saturated heterocycles. The van der Waals surface area contributed by atoms with Crippen LogP contribution < -0.4 is 10.1 Å². The van der Waals surface area contributed by atoms with Crippen molar-refractivity contribution >= 4 is 0 Å². The zero-order valence-corrected chi connectivity index (χ0v) is 11.5. The fourth-order valence-corrected chi connectivity index (χ4v) is 2.37. The van der Waals surface area contributed by atoms with Gasteiger partial charge in [-0.3, -0.25) is 0 Å². The quantitative estimate of drug-likeness (QED) is 0.837. The fraction of sp³-hybridized carbons (Fsp3) is 0.667. The van der Waals surface area contributed by atoms with Crippen LogP contribution in [0.15, 0.2) is 18.3 Å². The molecule has 1 unspecified atom stereocenters. The molecule has 1 aromatic heterocycles. The van der Waals surface area contributed by atoms with Gasteiger partial charge in [0.15, 0.2) is 0 Å². The topological polar surface area (TPSA) is 34.1 Å². The van der Waals surface area contributed by atoms with Gasteiger partial charge in [0.05, 0.1) is 0 Å². The Bertz CT molecular complexity index is 344. The van der Waals surface area contributed by atoms with Gasteiger partial charge in [0.25, 0.3) is 0 Å². The predicted octanol–water partition coefficient (Wildman–Crippen LogP) is 3.46. The third kappa shape index (κ3) is 3.70. The molecule has 1 aromatic rings. The van der Waals surface area contributed by atoms with Gasteiger partial charge in [0.1, 0.15) is 6.10 Å². The van der Waals surface area contributed by atoms with Gasteiger partial charge in [-0.1, -0.05) is 13.0 Å². The summed E-state index contributed by atoms with van der Waals surface area (Å²) < 4.78 is 5.86. The first-order chi connectivity index (χ1) is 8.79. The first-order valence-electron chi connectivity index (χ1n) is 7.15. The lowest BCUT2D eigenvalue weighted by atomic mass is 10.1. The van der Waals surface area contributed by atoms with Crippen molar-refractivity contribution in [3.05, 3.63) is 23.9 Å². The van der Waals surface area contributed by atoms with Crippen LogP contribution in [0.5, 0.6) is 5.88 Å². The smallest absolute Gasteiger partial charge is 0.213 e. The minimum atomic E-state index is 0.359. The van der Waals surface area contributed by atoms with Crippen molar-refractivity contribution in [2.45, 2.75) is 58.1 Å². The first-order valence-corrected chi connectivity index (χ1v) is 7.15. The van der Waals surface area contributed by atoms with Gasteiger partial charge in [-0.25, -0.2) is 4.98 Å². The lowest BCUT2D eigenvalue weighted by Crippen LogP contribution is -2.19. The second kappa shape index (κ2) is 6.74. The number of aromatic nitrogens is 1. The summed E-state index contributed by atoms with van der Waals surface area (Å²) in [5.41, 5.74) is 1.22. The van der Waals surface area contributed by atoms with Gasteiger partial charge in [0, 0.05) is 18.3 Å². The molecule has 1 N–H and O–H groups in total. The van der Waals surface area contributed by atoms with E-state index in [-0.39, 0.29) is 0 Å². The molecule has 0 aliphatic heterocycles. The van der Waals surface area contributed by atoms with Crippen LogP contribution >= 0.6 is 0 Å². The van der Waals surface area contributed by atoms with Crippen molar-refractivity contribution < 1.29 is 4.74 Å². The molecule has 2 rings (SSSR count). The van der Waals surface area contributed by atoms with Crippen LogP contribution in [0.1, 0.15) is 57.6 Å². The lowest BCUT2D eigenvalue weighted by Gasteiger charge is -2.15. The summed E-state index contributed by atoms with van der Waals surface area (Å²) in [6.45, 7) is 5.39. The molecule has 0 spiro atoms. The van der Waals surface area contributed by atoms with Crippen LogP contribution in [0.4, 0.5) is 0 Å². The molecule has 1 saturated carbocycles. The third-order valence-corrected chi connectivity index (χ3v) is 3.55. The molecule has 0 radical (unpaired) electrons. The van der Waals surface area contributed by atoms with Crippen molar-refractivity contribution in [2.24, 2.45) is 0 Å². The zero-order chi connectivity index (χ0) is 12.8. The lowest BCUT2D eigenvalue weighted by molar-refractivity contribution is 0.201. The Morgan fingerprint density at radius 3 is 2.78 bits per heavy atom. The van der Waals surface area contributed by atoms with Gasteiger partial charge in [0.2, 0.25) is 5.88 Å². The van der Waals surface area contributed by atoms with Crippen molar-refractivity contribution in [1.29, 1.82) is 0 Å². The minimum absolute atomic E-state index is 0.359. The average Bonchev–Trinajstić information content (AvgIpc) is 2.89. The molecule has 1 heterocycles. The van der Waals surface area contributed by atoms with Crippen LogP contribution in [0.25, 0.3) is 0 Å². The highest BCUT2D eigenvalue weighted by Gasteiger charge is 2.17. The summed E-state index contributed by atoms with van der Waals surface area (Å²) in [6.07, 6.45) is 8.41. The SMILES string of the molecule is CCCNC(C)c1ccc(OC2CCCC2)nc1. The molecule has 3 heteroatoms. The van der Waals surface area contributed by atoms with Gasteiger partial charge in [-0.15, -0.1) is 0 Å².